The fraction of sp³-hybridized carbons (Fsp3) is 0.240. The normalized spacial score (nSPS) is 12.6. The van der Waals surface area contributed by atoms with Crippen molar-refractivity contribution in [1.82, 2.24) is 10.6 Å². The van der Waals surface area contributed by atoms with Crippen LogP contribution in [-0.2, 0) is 11.2 Å². The van der Waals surface area contributed by atoms with Gasteiger partial charge in [0.05, 0.1) is 6.34 Å². The van der Waals surface area contributed by atoms with Gasteiger partial charge in [-0.25, -0.2) is 9.98 Å². The predicted octanol–water partition coefficient (Wildman–Crippen LogP) is 4.53. The Kier molecular flexibility index (Phi) is 15.2. The Bertz CT molecular complexity index is 802. The number of hydrogen-bond donors (Lipinski definition) is 3. The topological polar surface area (TPSA) is 77.9 Å². The second-order valence-electron chi connectivity index (χ2n) is 6.40. The van der Waals surface area contributed by atoms with Crippen LogP contribution in [0.25, 0.3) is 0 Å². The van der Waals surface area contributed by atoms with E-state index in [4.69, 9.17) is 0 Å². The number of anilines is 1. The number of aryl methyl sites for hydroxylation is 1. The molecule has 31 heavy (non-hydrogen) atoms. The highest BCUT2D eigenvalue weighted by Gasteiger charge is 1.99. The number of allylic oxidation sites excluding steroid dienone is 8. The first-order valence-corrected chi connectivity index (χ1v) is 10.4. The van der Waals surface area contributed by atoms with Gasteiger partial charge in [-0.1, -0.05) is 68.2 Å². The van der Waals surface area contributed by atoms with Crippen molar-refractivity contribution in [3.05, 3.63) is 91.2 Å². The molecule has 0 aromatic heterocycles. The summed E-state index contributed by atoms with van der Waals surface area (Å²) in [5.74, 6) is 0.361. The first-order valence-electron chi connectivity index (χ1n) is 10.4. The monoisotopic (exact) mass is 419 g/mol. The molecule has 0 saturated carbocycles. The minimum absolute atomic E-state index is 0.361. The van der Waals surface area contributed by atoms with E-state index in [0.717, 1.165) is 38.0 Å². The zero-order chi connectivity index (χ0) is 22.4. The molecule has 0 fully saturated rings. The van der Waals surface area contributed by atoms with Crippen molar-refractivity contribution in [2.45, 2.75) is 26.2 Å². The summed E-state index contributed by atoms with van der Waals surface area (Å²) in [4.78, 5) is 18.9. The van der Waals surface area contributed by atoms with Gasteiger partial charge in [0.25, 0.3) is 0 Å². The third-order valence-corrected chi connectivity index (χ3v) is 3.87. The Morgan fingerprint density at radius 2 is 1.71 bits per heavy atom. The summed E-state index contributed by atoms with van der Waals surface area (Å²) in [6.07, 6.45) is 21.6. The average molecular weight is 420 g/mol. The maximum absolute atomic E-state index is 10.4. The van der Waals surface area contributed by atoms with Crippen molar-refractivity contribution < 1.29 is 4.79 Å². The van der Waals surface area contributed by atoms with E-state index in [2.05, 4.69) is 51.6 Å². The van der Waals surface area contributed by atoms with Gasteiger partial charge in [0, 0.05) is 11.9 Å². The molecule has 1 aromatic carbocycles. The summed E-state index contributed by atoms with van der Waals surface area (Å²) < 4.78 is 0. The third-order valence-electron chi connectivity index (χ3n) is 3.87. The number of guanidine groups is 1. The van der Waals surface area contributed by atoms with Crippen LogP contribution in [0.4, 0.5) is 5.69 Å². The Labute approximate surface area is 186 Å². The Morgan fingerprint density at radius 3 is 2.39 bits per heavy atom. The van der Waals surface area contributed by atoms with Crippen molar-refractivity contribution in [2.24, 2.45) is 9.98 Å². The van der Waals surface area contributed by atoms with E-state index in [9.17, 15) is 4.79 Å². The van der Waals surface area contributed by atoms with Crippen molar-refractivity contribution in [2.75, 3.05) is 18.4 Å². The summed E-state index contributed by atoms with van der Waals surface area (Å²) in [6.45, 7) is 7.88. The molecule has 0 aliphatic carbocycles. The molecular weight excluding hydrogens is 386 g/mol. The number of benzene rings is 1. The number of nitrogens with one attached hydrogen (secondary N) is 3. The Morgan fingerprint density at radius 1 is 1.00 bits per heavy atom. The smallest absolute Gasteiger partial charge is 0.228 e. The minimum Gasteiger partial charge on any atom is -0.324 e. The van der Waals surface area contributed by atoms with E-state index in [1.54, 1.807) is 18.4 Å². The van der Waals surface area contributed by atoms with Crippen molar-refractivity contribution in [3.8, 4) is 0 Å². The Hall–Kier alpha value is -3.51. The molecule has 3 N–H and O–H groups in total. The number of carbonyl (C=O) groups is 1. The van der Waals surface area contributed by atoms with Crippen LogP contribution in [0.1, 0.15) is 25.3 Å². The number of nitrogens with zero attached hydrogens (tertiary/aromatic N) is 2. The van der Waals surface area contributed by atoms with Crippen molar-refractivity contribution >= 4 is 24.4 Å². The second kappa shape index (κ2) is 18.5. The van der Waals surface area contributed by atoms with Crippen LogP contribution in [0.15, 0.2) is 95.6 Å². The van der Waals surface area contributed by atoms with Crippen LogP contribution in [0.2, 0.25) is 0 Å². The molecule has 0 radical (unpaired) electrons. The molecule has 0 aliphatic heterocycles. The lowest BCUT2D eigenvalue weighted by atomic mass is 10.1. The van der Waals surface area contributed by atoms with Gasteiger partial charge in [0.2, 0.25) is 12.4 Å². The van der Waals surface area contributed by atoms with E-state index in [1.807, 2.05) is 48.6 Å². The summed E-state index contributed by atoms with van der Waals surface area (Å²) in [5, 5.41) is 8.95. The highest BCUT2D eigenvalue weighted by atomic mass is 16.1. The molecule has 1 aromatic rings. The van der Waals surface area contributed by atoms with E-state index in [0.29, 0.717) is 12.4 Å². The number of aliphatic imine (C=N–C) groups is 2. The summed E-state index contributed by atoms with van der Waals surface area (Å²) >= 11 is 0. The molecule has 0 aliphatic rings. The van der Waals surface area contributed by atoms with Crippen LogP contribution in [0.3, 0.4) is 0 Å². The molecule has 0 unspecified atom stereocenters. The summed E-state index contributed by atoms with van der Waals surface area (Å²) in [7, 11) is 0. The predicted molar refractivity (Wildman–Crippen MR) is 133 cm³/mol. The quantitative estimate of drug-likeness (QED) is 0.136. The standard InChI is InChI=1S/C25H33N5O/c1-3-5-6-7-8-9-10-11-20-28-25(29-21-27-22-31)30-24-16-14-23(15-17-24)13-12-19-26-18-4-2/h3,5-11,14-17,20-22,26H,1,4,12-13,18-19H2,2H3,(H2,27,28,29,30,31)/b6-5-,8-7+,10-9+,20-11+. The molecular formula is C25H33N5O. The maximum Gasteiger partial charge on any atom is 0.228 e. The lowest BCUT2D eigenvalue weighted by Crippen LogP contribution is -2.16. The SMILES string of the molecule is C=C\C=C/C=C/C=C/C=C/N=C(N=CNC=O)Nc1ccc(CCCNCCC)cc1. The van der Waals surface area contributed by atoms with E-state index >= 15 is 0 Å². The molecule has 1 rings (SSSR count). The molecule has 1 amide bonds. The summed E-state index contributed by atoms with van der Waals surface area (Å²) in [6, 6.07) is 8.19. The number of carbonyl (C=O) groups excluding carboxylic acids is 1. The van der Waals surface area contributed by atoms with E-state index in [-0.39, 0.29) is 0 Å². The van der Waals surface area contributed by atoms with Crippen LogP contribution in [-0.4, -0.2) is 31.8 Å². The van der Waals surface area contributed by atoms with Gasteiger partial charge in [0.1, 0.15) is 0 Å². The van der Waals surface area contributed by atoms with Gasteiger partial charge < -0.3 is 16.0 Å². The lowest BCUT2D eigenvalue weighted by molar-refractivity contribution is -0.108. The molecule has 0 spiro atoms. The summed E-state index contributed by atoms with van der Waals surface area (Å²) in [5.41, 5.74) is 2.16. The van der Waals surface area contributed by atoms with Crippen LogP contribution in [0.5, 0.6) is 0 Å². The highest BCUT2D eigenvalue weighted by Crippen LogP contribution is 2.11. The molecule has 0 saturated heterocycles. The fourth-order valence-corrected chi connectivity index (χ4v) is 2.39. The van der Waals surface area contributed by atoms with Crippen LogP contribution < -0.4 is 16.0 Å². The lowest BCUT2D eigenvalue weighted by Gasteiger charge is -2.07. The first-order chi connectivity index (χ1) is 15.3. The average Bonchev–Trinajstić information content (AvgIpc) is 2.79. The zero-order valence-corrected chi connectivity index (χ0v) is 18.2. The molecule has 6 nitrogen and oxygen atoms in total. The first kappa shape index (κ1) is 25.5. The van der Waals surface area contributed by atoms with Crippen LogP contribution in [0, 0.1) is 0 Å². The van der Waals surface area contributed by atoms with Crippen LogP contribution >= 0.6 is 0 Å². The molecule has 0 bridgehead atoms. The molecule has 0 atom stereocenters. The highest BCUT2D eigenvalue weighted by molar-refractivity contribution is 5.99. The minimum atomic E-state index is 0.361. The molecule has 0 heterocycles. The maximum atomic E-state index is 10.4. The Balaban J connectivity index is 2.64. The number of hydrogen-bond acceptors (Lipinski definition) is 3. The third kappa shape index (κ3) is 14.2. The largest absolute Gasteiger partial charge is 0.324 e. The van der Waals surface area contributed by atoms with Gasteiger partial charge in [-0.2, -0.15) is 0 Å². The van der Waals surface area contributed by atoms with Gasteiger partial charge in [-0.15, -0.1) is 0 Å². The van der Waals surface area contributed by atoms with Gasteiger partial charge >= 0.3 is 0 Å². The number of rotatable bonds is 14. The van der Waals surface area contributed by atoms with Gasteiger partial charge in [0.15, 0.2) is 0 Å². The van der Waals surface area contributed by atoms with Crippen molar-refractivity contribution in [1.29, 1.82) is 0 Å². The molecule has 164 valence electrons. The van der Waals surface area contributed by atoms with Crippen molar-refractivity contribution in [3.63, 3.8) is 0 Å². The van der Waals surface area contributed by atoms with Gasteiger partial charge in [-0.3, -0.25) is 4.79 Å². The zero-order valence-electron chi connectivity index (χ0n) is 18.2. The second-order valence-corrected chi connectivity index (χ2v) is 6.40. The fourth-order valence-electron chi connectivity index (χ4n) is 2.39. The van der Waals surface area contributed by atoms with Gasteiger partial charge in [-0.05, 0) is 56.1 Å². The van der Waals surface area contributed by atoms with E-state index in [1.165, 1.54) is 11.9 Å². The van der Waals surface area contributed by atoms with E-state index < -0.39 is 0 Å². The molecule has 6 heteroatoms. The number of amides is 1.